The number of hydrogen-bond acceptors (Lipinski definition) is 30. The minimum absolute atomic E-state index is 0.267. The highest BCUT2D eigenvalue weighted by Crippen LogP contribution is 2.46. The molecule has 1 aliphatic rings. The van der Waals surface area contributed by atoms with Gasteiger partial charge in [-0.2, -0.15) is 0 Å². The Kier molecular flexibility index (Phi) is 14.2. The van der Waals surface area contributed by atoms with Crippen molar-refractivity contribution in [3.05, 3.63) is 106 Å². The normalized spacial score (nSPS) is 17.1. The van der Waals surface area contributed by atoms with Gasteiger partial charge in [0, 0.05) is 11.1 Å². The van der Waals surface area contributed by atoms with Crippen LogP contribution in [0.25, 0.3) is 0 Å². The number of phenols is 18. The maximum absolute atomic E-state index is 15.1. The number of hydrogen-bond donors (Lipinski definition) is 19. The molecule has 1 aliphatic heterocycles. The van der Waals surface area contributed by atoms with Gasteiger partial charge in [0.15, 0.2) is 116 Å². The van der Waals surface area contributed by atoms with Crippen molar-refractivity contribution in [3.63, 3.8) is 0 Å². The lowest BCUT2D eigenvalue weighted by atomic mass is 9.76. The van der Waals surface area contributed by atoms with Gasteiger partial charge in [-0.3, -0.25) is 9.59 Å². The van der Waals surface area contributed by atoms with E-state index in [2.05, 4.69) is 0 Å². The van der Waals surface area contributed by atoms with Crippen LogP contribution in [0.1, 0.15) is 62.1 Å². The molecular formula is C48H36O30. The number of Topliss-reactive ketones (excluding diaryl/α,β-unsaturated/α-hetero) is 2. The summed E-state index contributed by atoms with van der Waals surface area (Å²) < 4.78 is 28.1. The van der Waals surface area contributed by atoms with E-state index in [0.717, 1.165) is 0 Å². The van der Waals surface area contributed by atoms with Crippen LogP contribution in [0.15, 0.2) is 72.8 Å². The van der Waals surface area contributed by atoms with Crippen LogP contribution in [0.5, 0.6) is 103 Å². The third-order valence-electron chi connectivity index (χ3n) is 11.4. The van der Waals surface area contributed by atoms with Gasteiger partial charge in [-0.15, -0.1) is 0 Å². The summed E-state index contributed by atoms with van der Waals surface area (Å²) in [4.78, 5) is 87.2. The first-order valence-corrected chi connectivity index (χ1v) is 21.3. The fourth-order valence-corrected chi connectivity index (χ4v) is 7.54. The minimum atomic E-state index is -4.46. The van der Waals surface area contributed by atoms with E-state index in [1.54, 1.807) is 0 Å². The van der Waals surface area contributed by atoms with Gasteiger partial charge in [0.1, 0.15) is 6.10 Å². The second kappa shape index (κ2) is 20.3. The van der Waals surface area contributed by atoms with Crippen LogP contribution in [0.2, 0.25) is 0 Å². The molecule has 0 amide bonds. The molecule has 0 radical (unpaired) electrons. The Morgan fingerprint density at radius 1 is 0.308 bits per heavy atom. The van der Waals surface area contributed by atoms with Crippen molar-refractivity contribution in [1.29, 1.82) is 0 Å². The smallest absolute Gasteiger partial charge is 0.340 e. The van der Waals surface area contributed by atoms with Crippen LogP contribution >= 0.6 is 0 Å². The zero-order chi connectivity index (χ0) is 57.7. The van der Waals surface area contributed by atoms with E-state index in [0.29, 0.717) is 48.5 Å². The van der Waals surface area contributed by atoms with Gasteiger partial charge < -0.3 is 121 Å². The van der Waals surface area contributed by atoms with E-state index < -0.39 is 209 Å². The maximum Gasteiger partial charge on any atom is 0.340 e. The number of phenolic OH excluding ortho intramolecular Hbond substituents is 18. The largest absolute Gasteiger partial charge is 0.504 e. The fraction of sp³-hybridized carbons (Fsp3) is 0.125. The van der Waals surface area contributed by atoms with Gasteiger partial charge in [-0.25, -0.2) is 19.2 Å². The van der Waals surface area contributed by atoms with Crippen LogP contribution in [0.3, 0.4) is 0 Å². The first-order valence-electron chi connectivity index (χ1n) is 21.3. The van der Waals surface area contributed by atoms with E-state index in [1.807, 2.05) is 0 Å². The molecule has 1 heterocycles. The predicted octanol–water partition coefficient (Wildman–Crippen LogP) is 1.44. The number of benzene rings is 6. The zero-order valence-corrected chi connectivity index (χ0v) is 38.3. The summed E-state index contributed by atoms with van der Waals surface area (Å²) in [5, 5.41) is 198. The molecule has 19 N–H and O–H groups in total. The average Bonchev–Trinajstić information content (AvgIpc) is 3.57. The molecule has 0 aliphatic carbocycles. The van der Waals surface area contributed by atoms with Gasteiger partial charge >= 0.3 is 23.9 Å². The number of ether oxygens (including phenoxy) is 5. The second-order valence-electron chi connectivity index (χ2n) is 16.5. The lowest BCUT2D eigenvalue weighted by Crippen LogP contribution is -2.71. The molecule has 408 valence electrons. The highest BCUT2D eigenvalue weighted by Gasteiger charge is 2.65. The third-order valence-corrected chi connectivity index (χ3v) is 11.4. The van der Waals surface area contributed by atoms with Crippen LogP contribution in [-0.2, 0) is 23.7 Å². The van der Waals surface area contributed by atoms with Crippen molar-refractivity contribution >= 4 is 35.4 Å². The Balaban J connectivity index is 1.57. The molecule has 0 bridgehead atoms. The summed E-state index contributed by atoms with van der Waals surface area (Å²) >= 11 is 0. The third kappa shape index (κ3) is 9.97. The van der Waals surface area contributed by atoms with Crippen molar-refractivity contribution in [2.24, 2.45) is 0 Å². The molecular weight excluding hydrogens is 1060 g/mol. The van der Waals surface area contributed by atoms with Gasteiger partial charge in [0.2, 0.25) is 29.6 Å². The van der Waals surface area contributed by atoms with Crippen LogP contribution < -0.4 is 0 Å². The van der Waals surface area contributed by atoms with Crippen LogP contribution in [0.4, 0.5) is 0 Å². The predicted molar refractivity (Wildman–Crippen MR) is 244 cm³/mol. The van der Waals surface area contributed by atoms with Crippen molar-refractivity contribution in [2.45, 2.75) is 36.3 Å². The molecule has 1 fully saturated rings. The molecule has 30 nitrogen and oxygen atoms in total. The van der Waals surface area contributed by atoms with Crippen LogP contribution in [-0.4, -0.2) is 169 Å². The highest BCUT2D eigenvalue weighted by atomic mass is 16.7. The lowest BCUT2D eigenvalue weighted by Gasteiger charge is -2.48. The molecule has 30 heteroatoms. The number of ketones is 2. The molecule has 0 saturated carbocycles. The zero-order valence-electron chi connectivity index (χ0n) is 38.3. The Bertz CT molecular complexity index is 3300. The first kappa shape index (κ1) is 54.6. The monoisotopic (exact) mass is 1090 g/mol. The standard InChI is InChI=1S/C48H36O30/c49-19-1-13(2-20(50)31(19)61)40(67)48(73,41(68)14-3-21(51)32(62)22(52)4-14)42-38(75-44(70)16-7-25(55)34(64)26(56)8-16)37(74-43(69)15-5-23(53)33(63)24(54)6-15)39(76-45(71)17-9-27(57)35(65)28(58)10-17)47(77-42)78-46(72)18-11-29(59)36(66)30(60)12-18/h1-12,37-39,42,47,49-66,73H/t37-,38-,39+,42-,47?/m0/s1. The van der Waals surface area contributed by atoms with E-state index in [-0.39, 0.29) is 24.3 Å². The highest BCUT2D eigenvalue weighted by molar-refractivity contribution is 6.23. The van der Waals surface area contributed by atoms with Gasteiger partial charge in [0.05, 0.1) is 22.3 Å². The summed E-state index contributed by atoms with van der Waals surface area (Å²) in [6.07, 6.45) is -15.7. The molecule has 0 spiro atoms. The Morgan fingerprint density at radius 3 is 0.769 bits per heavy atom. The summed E-state index contributed by atoms with van der Waals surface area (Å²) in [5.74, 6) is -35.4. The molecule has 6 aromatic rings. The maximum atomic E-state index is 15.1. The quantitative estimate of drug-likeness (QED) is 0.0256. The fourth-order valence-electron chi connectivity index (χ4n) is 7.54. The molecule has 0 aromatic heterocycles. The molecule has 7 rings (SSSR count). The number of carbonyl (C=O) groups excluding carboxylic acids is 6. The number of rotatable bonds is 13. The number of esters is 4. The number of carbonyl (C=O) groups is 6. The summed E-state index contributed by atoms with van der Waals surface area (Å²) in [6.45, 7) is 0. The Morgan fingerprint density at radius 2 is 0.513 bits per heavy atom. The topological polar surface area (TPSA) is 533 Å². The summed E-state index contributed by atoms with van der Waals surface area (Å²) in [6, 6.07) is 4.24. The minimum Gasteiger partial charge on any atom is -0.504 e. The van der Waals surface area contributed by atoms with E-state index >= 15 is 9.59 Å². The molecule has 6 aromatic carbocycles. The first-order chi connectivity index (χ1) is 36.4. The number of aromatic hydroxyl groups is 18. The average molecular weight is 1090 g/mol. The van der Waals surface area contributed by atoms with Crippen LogP contribution in [0, 0.1) is 0 Å². The Hall–Kier alpha value is -11.1. The van der Waals surface area contributed by atoms with Gasteiger partial charge in [-0.05, 0) is 72.8 Å². The molecule has 1 saturated heterocycles. The van der Waals surface area contributed by atoms with E-state index in [4.69, 9.17) is 23.7 Å². The SMILES string of the molecule is O=C(OC1O[C@H](C(O)(C(=O)c2cc(O)c(O)c(O)c2)C(=O)c2cc(O)c(O)c(O)c2)[C@@H](OC(=O)c2cc(O)c(O)c(O)c2)[C@H](OC(=O)c2cc(O)c(O)c(O)c2)[C@H]1OC(=O)c1cc(O)c(O)c(O)c1)c1cc(O)c(O)c(O)c1. The van der Waals surface area contributed by atoms with Crippen molar-refractivity contribution in [3.8, 4) is 103 Å². The van der Waals surface area contributed by atoms with Crippen molar-refractivity contribution in [1.82, 2.24) is 0 Å². The summed E-state index contributed by atoms with van der Waals surface area (Å²) in [7, 11) is 0. The molecule has 5 atom stereocenters. The summed E-state index contributed by atoms with van der Waals surface area (Å²) in [5.41, 5.74) is -11.1. The van der Waals surface area contributed by atoms with E-state index in [9.17, 15) is 116 Å². The van der Waals surface area contributed by atoms with Gasteiger partial charge in [0.25, 0.3) is 0 Å². The lowest BCUT2D eigenvalue weighted by molar-refractivity contribution is -0.295. The number of aliphatic hydroxyl groups is 1. The molecule has 78 heavy (non-hydrogen) atoms. The molecule has 1 unspecified atom stereocenters. The van der Waals surface area contributed by atoms with Crippen molar-refractivity contribution < 1.29 is 149 Å². The van der Waals surface area contributed by atoms with Gasteiger partial charge in [-0.1, -0.05) is 0 Å². The van der Waals surface area contributed by atoms with E-state index in [1.165, 1.54) is 0 Å². The Labute approximate surface area is 430 Å². The second-order valence-corrected chi connectivity index (χ2v) is 16.5. The van der Waals surface area contributed by atoms with Crippen molar-refractivity contribution in [2.75, 3.05) is 0 Å².